The zero-order valence-electron chi connectivity index (χ0n) is 11.5. The van der Waals surface area contributed by atoms with Gasteiger partial charge < -0.3 is 20.3 Å². The largest absolute Gasteiger partial charge is 0.504 e. The number of ether oxygens (including phenoxy) is 1. The first-order chi connectivity index (χ1) is 9.49. The van der Waals surface area contributed by atoms with Gasteiger partial charge in [-0.3, -0.25) is 4.79 Å². The maximum atomic E-state index is 11.9. The summed E-state index contributed by atoms with van der Waals surface area (Å²) in [6.45, 7) is 1.95. The molecule has 1 atom stereocenters. The molecule has 1 unspecified atom stereocenters. The highest BCUT2D eigenvalue weighted by Gasteiger charge is 2.20. The van der Waals surface area contributed by atoms with E-state index in [0.717, 1.165) is 6.42 Å². The lowest BCUT2D eigenvalue weighted by Gasteiger charge is -2.14. The predicted octanol–water partition coefficient (Wildman–Crippen LogP) is 1.77. The summed E-state index contributed by atoms with van der Waals surface area (Å²) in [5, 5.41) is 21.1. The van der Waals surface area contributed by atoms with Crippen LogP contribution in [0, 0.1) is 0 Å². The topological polar surface area (TPSA) is 95.9 Å². The average Bonchev–Trinajstić information content (AvgIpc) is 2.42. The number of aliphatic carboxylic acids is 1. The number of aromatic hydroxyl groups is 1. The van der Waals surface area contributed by atoms with Gasteiger partial charge in [0.1, 0.15) is 6.04 Å². The van der Waals surface area contributed by atoms with E-state index in [9.17, 15) is 14.7 Å². The Morgan fingerprint density at radius 3 is 2.60 bits per heavy atom. The highest BCUT2D eigenvalue weighted by atomic mass is 16.5. The molecule has 6 heteroatoms. The fourth-order valence-electron chi connectivity index (χ4n) is 1.74. The number of phenolic OH excluding ortho intramolecular Hbond substituents is 1. The molecule has 0 aromatic heterocycles. The van der Waals surface area contributed by atoms with Crippen molar-refractivity contribution in [3.8, 4) is 11.5 Å². The highest BCUT2D eigenvalue weighted by molar-refractivity contribution is 5.97. The van der Waals surface area contributed by atoms with Gasteiger partial charge in [0.25, 0.3) is 5.91 Å². The van der Waals surface area contributed by atoms with Crippen LogP contribution in [-0.2, 0) is 4.79 Å². The van der Waals surface area contributed by atoms with E-state index >= 15 is 0 Å². The Balaban J connectivity index is 2.78. The van der Waals surface area contributed by atoms with Crippen LogP contribution >= 0.6 is 0 Å². The van der Waals surface area contributed by atoms with E-state index in [1.165, 1.54) is 25.3 Å². The van der Waals surface area contributed by atoms with E-state index in [0.29, 0.717) is 12.8 Å². The molecule has 0 spiro atoms. The monoisotopic (exact) mass is 281 g/mol. The minimum absolute atomic E-state index is 0.166. The van der Waals surface area contributed by atoms with Crippen LogP contribution in [-0.4, -0.2) is 35.2 Å². The van der Waals surface area contributed by atoms with Gasteiger partial charge in [-0.1, -0.05) is 19.8 Å². The van der Waals surface area contributed by atoms with Gasteiger partial charge in [0, 0.05) is 5.56 Å². The Labute approximate surface area is 117 Å². The summed E-state index contributed by atoms with van der Waals surface area (Å²) >= 11 is 0. The number of nitrogens with one attached hydrogen (secondary N) is 1. The van der Waals surface area contributed by atoms with Gasteiger partial charge in [-0.15, -0.1) is 0 Å². The number of hydrogen-bond donors (Lipinski definition) is 3. The van der Waals surface area contributed by atoms with Crippen molar-refractivity contribution in [2.75, 3.05) is 7.11 Å². The molecular weight excluding hydrogens is 262 g/mol. The van der Waals surface area contributed by atoms with Gasteiger partial charge >= 0.3 is 5.97 Å². The number of benzene rings is 1. The molecule has 0 aliphatic heterocycles. The summed E-state index contributed by atoms with van der Waals surface area (Å²) in [6.07, 6.45) is 1.94. The number of amides is 1. The summed E-state index contributed by atoms with van der Waals surface area (Å²) in [5.41, 5.74) is 0.186. The number of carbonyl (C=O) groups excluding carboxylic acids is 1. The van der Waals surface area contributed by atoms with Crippen LogP contribution in [0.2, 0.25) is 0 Å². The lowest BCUT2D eigenvalue weighted by atomic mass is 10.1. The Bertz CT molecular complexity index is 486. The number of methoxy groups -OCH3 is 1. The summed E-state index contributed by atoms with van der Waals surface area (Å²) in [4.78, 5) is 23.0. The SMILES string of the molecule is CCCCC(NC(=O)c1ccc(OC)c(O)c1)C(=O)O. The third-order valence-electron chi connectivity index (χ3n) is 2.89. The van der Waals surface area contributed by atoms with Gasteiger partial charge in [0.05, 0.1) is 7.11 Å². The fraction of sp³-hybridized carbons (Fsp3) is 0.429. The number of rotatable bonds is 7. The van der Waals surface area contributed by atoms with Crippen LogP contribution in [0.1, 0.15) is 36.5 Å². The van der Waals surface area contributed by atoms with Crippen molar-refractivity contribution in [1.29, 1.82) is 0 Å². The second-order valence-corrected chi connectivity index (χ2v) is 4.39. The van der Waals surface area contributed by atoms with Crippen molar-refractivity contribution in [3.63, 3.8) is 0 Å². The average molecular weight is 281 g/mol. The number of phenols is 1. The molecule has 1 amide bonds. The number of carboxylic acid groups (broad SMARTS) is 1. The molecule has 110 valence electrons. The van der Waals surface area contributed by atoms with E-state index in [2.05, 4.69) is 5.32 Å². The van der Waals surface area contributed by atoms with Crippen LogP contribution < -0.4 is 10.1 Å². The molecule has 0 bridgehead atoms. The molecule has 20 heavy (non-hydrogen) atoms. The minimum atomic E-state index is -1.07. The Morgan fingerprint density at radius 2 is 2.10 bits per heavy atom. The Kier molecular flexibility index (Phi) is 5.83. The first-order valence-corrected chi connectivity index (χ1v) is 6.40. The third kappa shape index (κ3) is 4.15. The van der Waals surface area contributed by atoms with Crippen LogP contribution in [0.15, 0.2) is 18.2 Å². The van der Waals surface area contributed by atoms with Crippen LogP contribution in [0.4, 0.5) is 0 Å². The molecule has 1 rings (SSSR count). The van der Waals surface area contributed by atoms with E-state index in [1.807, 2.05) is 6.92 Å². The van der Waals surface area contributed by atoms with E-state index in [4.69, 9.17) is 9.84 Å². The maximum absolute atomic E-state index is 11.9. The zero-order valence-corrected chi connectivity index (χ0v) is 11.5. The Hall–Kier alpha value is -2.24. The normalized spacial score (nSPS) is 11.7. The van der Waals surface area contributed by atoms with Crippen molar-refractivity contribution >= 4 is 11.9 Å². The smallest absolute Gasteiger partial charge is 0.326 e. The minimum Gasteiger partial charge on any atom is -0.504 e. The molecule has 6 nitrogen and oxygen atoms in total. The van der Waals surface area contributed by atoms with Crippen LogP contribution in [0.5, 0.6) is 11.5 Å². The molecule has 0 saturated heterocycles. The van der Waals surface area contributed by atoms with Gasteiger partial charge in [-0.2, -0.15) is 0 Å². The van der Waals surface area contributed by atoms with E-state index in [-0.39, 0.29) is 17.1 Å². The standard InChI is InChI=1S/C14H19NO5/c1-3-4-5-10(14(18)19)15-13(17)9-6-7-12(20-2)11(16)8-9/h6-8,10,16H,3-5H2,1-2H3,(H,15,17)(H,18,19). The lowest BCUT2D eigenvalue weighted by Crippen LogP contribution is -2.40. The Morgan fingerprint density at radius 1 is 1.40 bits per heavy atom. The first kappa shape index (κ1) is 15.8. The second-order valence-electron chi connectivity index (χ2n) is 4.39. The van der Waals surface area contributed by atoms with Crippen molar-refractivity contribution in [1.82, 2.24) is 5.32 Å². The number of carbonyl (C=O) groups is 2. The molecule has 0 aliphatic carbocycles. The molecule has 0 heterocycles. The fourth-order valence-corrected chi connectivity index (χ4v) is 1.74. The summed E-state index contributed by atoms with van der Waals surface area (Å²) in [6, 6.07) is 3.23. The molecule has 1 aromatic rings. The van der Waals surface area contributed by atoms with Gasteiger partial charge in [0.2, 0.25) is 0 Å². The van der Waals surface area contributed by atoms with Crippen molar-refractivity contribution < 1.29 is 24.5 Å². The molecule has 1 aromatic carbocycles. The maximum Gasteiger partial charge on any atom is 0.326 e. The predicted molar refractivity (Wildman–Crippen MR) is 73.1 cm³/mol. The van der Waals surface area contributed by atoms with E-state index < -0.39 is 17.9 Å². The van der Waals surface area contributed by atoms with E-state index in [1.54, 1.807) is 0 Å². The van der Waals surface area contributed by atoms with Gasteiger partial charge in [-0.05, 0) is 24.6 Å². The van der Waals surface area contributed by atoms with Crippen LogP contribution in [0.3, 0.4) is 0 Å². The molecule has 3 N–H and O–H groups in total. The van der Waals surface area contributed by atoms with Crippen LogP contribution in [0.25, 0.3) is 0 Å². The van der Waals surface area contributed by atoms with Crippen molar-refractivity contribution in [3.05, 3.63) is 23.8 Å². The summed E-state index contributed by atoms with van der Waals surface area (Å²) in [5.74, 6) is -1.51. The molecule has 0 radical (unpaired) electrons. The zero-order chi connectivity index (χ0) is 15.1. The molecular formula is C14H19NO5. The lowest BCUT2D eigenvalue weighted by molar-refractivity contribution is -0.139. The summed E-state index contributed by atoms with van der Waals surface area (Å²) in [7, 11) is 1.40. The molecule has 0 saturated carbocycles. The van der Waals surface area contributed by atoms with Gasteiger partial charge in [-0.25, -0.2) is 4.79 Å². The quantitative estimate of drug-likeness (QED) is 0.708. The summed E-state index contributed by atoms with van der Waals surface area (Å²) < 4.78 is 4.88. The number of hydrogen-bond acceptors (Lipinski definition) is 4. The second kappa shape index (κ2) is 7.37. The van der Waals surface area contributed by atoms with Crippen molar-refractivity contribution in [2.45, 2.75) is 32.2 Å². The number of carboxylic acids is 1. The molecule has 0 fully saturated rings. The van der Waals surface area contributed by atoms with Crippen molar-refractivity contribution in [2.24, 2.45) is 0 Å². The van der Waals surface area contributed by atoms with Gasteiger partial charge in [0.15, 0.2) is 11.5 Å². The highest BCUT2D eigenvalue weighted by Crippen LogP contribution is 2.26. The third-order valence-corrected chi connectivity index (χ3v) is 2.89. The first-order valence-electron chi connectivity index (χ1n) is 6.40. The molecule has 0 aliphatic rings. The number of unbranched alkanes of at least 4 members (excludes halogenated alkanes) is 1.